The number of carboxylic acids is 1. The summed E-state index contributed by atoms with van der Waals surface area (Å²) in [6, 6.07) is 14.4. The second kappa shape index (κ2) is 7.68. The first-order valence-corrected chi connectivity index (χ1v) is 6.88. The lowest BCUT2D eigenvalue weighted by Gasteiger charge is -2.05. The number of methoxy groups -OCH3 is 1. The number of hydrogen-bond acceptors (Lipinski definition) is 6. The third-order valence-corrected chi connectivity index (χ3v) is 3.05. The van der Waals surface area contributed by atoms with E-state index in [0.29, 0.717) is 11.4 Å². The van der Waals surface area contributed by atoms with Crippen molar-refractivity contribution >= 4 is 28.9 Å². The molecule has 7 nitrogen and oxygen atoms in total. The number of aliphatic carboxylic acids is 1. The number of nitrogens with one attached hydrogen (secondary N) is 1. The molecule has 0 bridgehead atoms. The molecule has 0 spiro atoms. The minimum atomic E-state index is -1.76. The van der Waals surface area contributed by atoms with Crippen LogP contribution in [0.5, 0.6) is 5.75 Å². The van der Waals surface area contributed by atoms with Crippen LogP contribution in [0, 0.1) is 0 Å². The zero-order chi connectivity index (χ0) is 17.5. The molecule has 0 atom stereocenters. The number of hydrogen-bond donors (Lipinski definition) is 2. The lowest BCUT2D eigenvalue weighted by molar-refractivity contribution is -0.145. The van der Waals surface area contributed by atoms with Gasteiger partial charge in [0.25, 0.3) is 5.78 Å². The monoisotopic (exact) mass is 326 g/mol. The number of ether oxygens (including phenoxy) is 1. The van der Waals surface area contributed by atoms with Gasteiger partial charge in [0.2, 0.25) is 5.78 Å². The Balaban J connectivity index is 2.32. The van der Waals surface area contributed by atoms with Crippen LogP contribution in [0.4, 0.5) is 5.69 Å². The van der Waals surface area contributed by atoms with Crippen molar-refractivity contribution in [2.45, 2.75) is 0 Å². The normalized spacial score (nSPS) is 10.8. The highest BCUT2D eigenvalue weighted by Crippen LogP contribution is 2.13. The second-order valence-corrected chi connectivity index (χ2v) is 4.63. The molecule has 0 saturated heterocycles. The first-order valence-electron chi connectivity index (χ1n) is 6.88. The molecular formula is C17H14N2O5. The Hall–Kier alpha value is -3.48. The topological polar surface area (TPSA) is 105 Å². The minimum Gasteiger partial charge on any atom is -0.497 e. The van der Waals surface area contributed by atoms with E-state index in [9.17, 15) is 14.4 Å². The fraction of sp³-hybridized carbons (Fsp3) is 0.0588. The first-order chi connectivity index (χ1) is 11.5. The number of benzene rings is 2. The lowest BCUT2D eigenvalue weighted by atomic mass is 10.0. The fourth-order valence-electron chi connectivity index (χ4n) is 1.82. The minimum absolute atomic E-state index is 0.124. The number of hydrazone groups is 1. The molecule has 0 aromatic heterocycles. The number of Topliss-reactive ketones (excluding diaryl/α,β-unsaturated/α-hetero) is 2. The van der Waals surface area contributed by atoms with Gasteiger partial charge in [-0.05, 0) is 36.4 Å². The zero-order valence-corrected chi connectivity index (χ0v) is 12.7. The number of carbonyl (C=O) groups excluding carboxylic acids is 2. The Kier molecular flexibility index (Phi) is 5.40. The van der Waals surface area contributed by atoms with Crippen molar-refractivity contribution in [3.05, 3.63) is 60.2 Å². The molecule has 2 rings (SSSR count). The zero-order valence-electron chi connectivity index (χ0n) is 12.7. The molecule has 0 aliphatic heterocycles. The van der Waals surface area contributed by atoms with Crippen LogP contribution >= 0.6 is 0 Å². The standard InChI is InChI=1S/C17H14N2O5/c1-24-13-9-7-11(8-10-13)15(20)14(16(21)17(22)23)19-18-12-5-3-2-4-6-12/h2-10,18H,1H3,(H,22,23)/b19-14+. The number of anilines is 1. The number of carbonyl (C=O) groups is 3. The Morgan fingerprint density at radius 3 is 2.17 bits per heavy atom. The first kappa shape index (κ1) is 16.9. The molecule has 0 saturated carbocycles. The van der Waals surface area contributed by atoms with Crippen molar-refractivity contribution in [2.24, 2.45) is 5.10 Å². The Bertz CT molecular complexity index is 782. The molecule has 7 heteroatoms. The van der Waals surface area contributed by atoms with Gasteiger partial charge in [-0.15, -0.1) is 0 Å². The van der Waals surface area contributed by atoms with Gasteiger partial charge >= 0.3 is 5.97 Å². The van der Waals surface area contributed by atoms with E-state index in [2.05, 4.69) is 10.5 Å². The molecule has 0 fully saturated rings. The van der Waals surface area contributed by atoms with Gasteiger partial charge in [0, 0.05) is 5.56 Å². The van der Waals surface area contributed by atoms with Gasteiger partial charge in [0.15, 0.2) is 5.71 Å². The van der Waals surface area contributed by atoms with Crippen LogP contribution in [0.15, 0.2) is 59.7 Å². The summed E-state index contributed by atoms with van der Waals surface area (Å²) < 4.78 is 4.99. The van der Waals surface area contributed by atoms with Gasteiger partial charge in [0.05, 0.1) is 12.8 Å². The van der Waals surface area contributed by atoms with Crippen molar-refractivity contribution in [1.29, 1.82) is 0 Å². The fourth-order valence-corrected chi connectivity index (χ4v) is 1.82. The number of carboxylic acid groups (broad SMARTS) is 1. The SMILES string of the molecule is COc1ccc(C(=O)/C(=N\Nc2ccccc2)C(=O)C(=O)O)cc1. The smallest absolute Gasteiger partial charge is 0.379 e. The van der Waals surface area contributed by atoms with Gasteiger partial charge in [-0.3, -0.25) is 15.0 Å². The molecule has 122 valence electrons. The van der Waals surface area contributed by atoms with E-state index in [1.807, 2.05) is 0 Å². The van der Waals surface area contributed by atoms with Crippen molar-refractivity contribution in [2.75, 3.05) is 12.5 Å². The highest BCUT2D eigenvalue weighted by atomic mass is 16.5. The maximum Gasteiger partial charge on any atom is 0.379 e. The van der Waals surface area contributed by atoms with Crippen molar-refractivity contribution in [3.63, 3.8) is 0 Å². The molecule has 0 radical (unpaired) electrons. The van der Waals surface area contributed by atoms with E-state index < -0.39 is 23.2 Å². The molecular weight excluding hydrogens is 312 g/mol. The van der Waals surface area contributed by atoms with Crippen molar-refractivity contribution in [1.82, 2.24) is 0 Å². The molecule has 0 amide bonds. The predicted octanol–water partition coefficient (Wildman–Crippen LogP) is 2.00. The van der Waals surface area contributed by atoms with Gasteiger partial charge in [-0.2, -0.15) is 5.10 Å². The number of ketones is 2. The Morgan fingerprint density at radius 2 is 1.62 bits per heavy atom. The molecule has 2 N–H and O–H groups in total. The molecule has 0 aliphatic rings. The summed E-state index contributed by atoms with van der Waals surface area (Å²) in [6.45, 7) is 0. The molecule has 24 heavy (non-hydrogen) atoms. The number of rotatable bonds is 7. The average molecular weight is 326 g/mol. The van der Waals surface area contributed by atoms with Crippen LogP contribution in [0.1, 0.15) is 10.4 Å². The van der Waals surface area contributed by atoms with Crippen molar-refractivity contribution < 1.29 is 24.2 Å². The van der Waals surface area contributed by atoms with Crippen LogP contribution in [-0.2, 0) is 9.59 Å². The van der Waals surface area contributed by atoms with Crippen LogP contribution in [0.2, 0.25) is 0 Å². The molecule has 2 aromatic rings. The maximum atomic E-state index is 12.4. The van der Waals surface area contributed by atoms with Crippen molar-refractivity contribution in [3.8, 4) is 5.75 Å². The van der Waals surface area contributed by atoms with Crippen LogP contribution in [0.25, 0.3) is 0 Å². The highest BCUT2D eigenvalue weighted by Gasteiger charge is 2.27. The van der Waals surface area contributed by atoms with E-state index in [-0.39, 0.29) is 5.56 Å². The van der Waals surface area contributed by atoms with Gasteiger partial charge in [-0.1, -0.05) is 18.2 Å². The summed E-state index contributed by atoms with van der Waals surface area (Å²) in [4.78, 5) is 35.2. The van der Waals surface area contributed by atoms with Crippen LogP contribution in [0.3, 0.4) is 0 Å². The predicted molar refractivity (Wildman–Crippen MR) is 87.5 cm³/mol. The number of nitrogens with zero attached hydrogens (tertiary/aromatic N) is 1. The summed E-state index contributed by atoms with van der Waals surface area (Å²) in [7, 11) is 1.47. The summed E-state index contributed by atoms with van der Waals surface area (Å²) in [6.07, 6.45) is 0. The van der Waals surface area contributed by atoms with Gasteiger partial charge in [0.1, 0.15) is 5.75 Å². The van der Waals surface area contributed by atoms with Gasteiger partial charge in [-0.25, -0.2) is 4.79 Å². The second-order valence-electron chi connectivity index (χ2n) is 4.63. The third kappa shape index (κ3) is 4.04. The quantitative estimate of drug-likeness (QED) is 0.265. The maximum absolute atomic E-state index is 12.4. The Labute approximate surface area is 137 Å². The molecule has 2 aromatic carbocycles. The summed E-state index contributed by atoms with van der Waals surface area (Å²) in [5.41, 5.74) is 2.43. The summed E-state index contributed by atoms with van der Waals surface area (Å²) >= 11 is 0. The van der Waals surface area contributed by atoms with E-state index in [1.54, 1.807) is 30.3 Å². The summed E-state index contributed by atoms with van der Waals surface area (Å²) in [5, 5.41) is 12.6. The van der Waals surface area contributed by atoms with Crippen LogP contribution in [-0.4, -0.2) is 35.5 Å². The van der Waals surface area contributed by atoms with Crippen LogP contribution < -0.4 is 10.2 Å². The van der Waals surface area contributed by atoms with E-state index in [1.165, 1.54) is 31.4 Å². The average Bonchev–Trinajstić information content (AvgIpc) is 2.62. The van der Waals surface area contributed by atoms with E-state index >= 15 is 0 Å². The highest BCUT2D eigenvalue weighted by molar-refractivity contribution is 6.80. The molecule has 0 heterocycles. The Morgan fingerprint density at radius 1 is 1.00 bits per heavy atom. The molecule has 0 unspecified atom stereocenters. The number of para-hydroxylation sites is 1. The summed E-state index contributed by atoms with van der Waals surface area (Å²) in [5.74, 6) is -3.42. The van der Waals surface area contributed by atoms with Gasteiger partial charge < -0.3 is 9.84 Å². The molecule has 0 aliphatic carbocycles. The largest absolute Gasteiger partial charge is 0.497 e. The third-order valence-electron chi connectivity index (χ3n) is 3.05. The lowest BCUT2D eigenvalue weighted by Crippen LogP contribution is -2.31. The van der Waals surface area contributed by atoms with E-state index in [0.717, 1.165) is 0 Å². The van der Waals surface area contributed by atoms with E-state index in [4.69, 9.17) is 9.84 Å².